The normalized spacial score (nSPS) is 10.4. The molecule has 2 aromatic rings. The van der Waals surface area contributed by atoms with Crippen LogP contribution in [0.2, 0.25) is 5.02 Å². The highest BCUT2D eigenvalue weighted by Gasteiger charge is 2.11. The van der Waals surface area contributed by atoms with Crippen LogP contribution in [0.4, 0.5) is 5.69 Å². The van der Waals surface area contributed by atoms with E-state index < -0.39 is 0 Å². The zero-order valence-electron chi connectivity index (χ0n) is 13.5. The van der Waals surface area contributed by atoms with E-state index in [0.29, 0.717) is 29.7 Å². The van der Waals surface area contributed by atoms with Gasteiger partial charge in [-0.3, -0.25) is 0 Å². The molecule has 0 aliphatic carbocycles. The second-order valence-corrected chi connectivity index (χ2v) is 5.55. The quantitative estimate of drug-likeness (QED) is 0.814. The predicted octanol–water partition coefficient (Wildman–Crippen LogP) is 4.98. The molecule has 1 N–H and O–H groups in total. The van der Waals surface area contributed by atoms with Gasteiger partial charge in [0.25, 0.3) is 0 Å². The molecule has 0 amide bonds. The van der Waals surface area contributed by atoms with E-state index in [1.54, 1.807) is 7.11 Å². The average molecular weight is 320 g/mol. The molecule has 0 saturated heterocycles. The van der Waals surface area contributed by atoms with Gasteiger partial charge in [-0.25, -0.2) is 0 Å². The largest absolute Gasteiger partial charge is 0.493 e. The summed E-state index contributed by atoms with van der Waals surface area (Å²) in [7, 11) is 1.62. The second-order valence-electron chi connectivity index (χ2n) is 5.14. The molecule has 0 saturated carbocycles. The van der Waals surface area contributed by atoms with Crippen molar-refractivity contribution in [2.75, 3.05) is 19.0 Å². The number of benzene rings is 2. The molecule has 0 radical (unpaired) electrons. The van der Waals surface area contributed by atoms with Crippen LogP contribution < -0.4 is 14.8 Å². The zero-order chi connectivity index (χ0) is 16.1. The molecule has 118 valence electrons. The van der Waals surface area contributed by atoms with Crippen LogP contribution in [0.3, 0.4) is 0 Å². The van der Waals surface area contributed by atoms with Gasteiger partial charge in [0.05, 0.1) is 18.7 Å². The Balaban J connectivity index is 2.20. The van der Waals surface area contributed by atoms with Crippen molar-refractivity contribution in [3.63, 3.8) is 0 Å². The van der Waals surface area contributed by atoms with E-state index in [1.165, 1.54) is 11.1 Å². The summed E-state index contributed by atoms with van der Waals surface area (Å²) in [4.78, 5) is 0. The maximum atomic E-state index is 6.30. The molecule has 0 bridgehead atoms. The fourth-order valence-electron chi connectivity index (χ4n) is 2.30. The van der Waals surface area contributed by atoms with Gasteiger partial charge >= 0.3 is 0 Å². The first-order valence-corrected chi connectivity index (χ1v) is 7.74. The van der Waals surface area contributed by atoms with Gasteiger partial charge in [0, 0.05) is 12.2 Å². The lowest BCUT2D eigenvalue weighted by Gasteiger charge is -2.15. The Labute approximate surface area is 137 Å². The summed E-state index contributed by atoms with van der Waals surface area (Å²) in [5.74, 6) is 1.26. The molecule has 2 aromatic carbocycles. The fraction of sp³-hybridized carbons (Fsp3) is 0.333. The number of rotatable bonds is 6. The van der Waals surface area contributed by atoms with E-state index in [9.17, 15) is 0 Å². The fourth-order valence-corrected chi connectivity index (χ4v) is 2.59. The van der Waals surface area contributed by atoms with Gasteiger partial charge in [0.1, 0.15) is 0 Å². The maximum absolute atomic E-state index is 6.30. The molecule has 22 heavy (non-hydrogen) atoms. The molecule has 0 aliphatic rings. The van der Waals surface area contributed by atoms with E-state index in [4.69, 9.17) is 21.1 Å². The van der Waals surface area contributed by atoms with Crippen LogP contribution in [0.25, 0.3) is 0 Å². The number of ether oxygens (including phenoxy) is 2. The number of hydrogen-bond donors (Lipinski definition) is 1. The molecule has 2 rings (SSSR count). The first kappa shape index (κ1) is 16.5. The molecular weight excluding hydrogens is 298 g/mol. The Morgan fingerprint density at radius 2 is 1.95 bits per heavy atom. The number of methoxy groups -OCH3 is 1. The molecule has 0 fully saturated rings. The van der Waals surface area contributed by atoms with Crippen molar-refractivity contribution >= 4 is 17.3 Å². The van der Waals surface area contributed by atoms with Crippen molar-refractivity contribution in [1.29, 1.82) is 0 Å². The minimum absolute atomic E-state index is 0.552. The first-order valence-electron chi connectivity index (χ1n) is 7.36. The molecule has 0 unspecified atom stereocenters. The molecule has 3 nitrogen and oxygen atoms in total. The summed E-state index contributed by atoms with van der Waals surface area (Å²) in [5.41, 5.74) is 4.70. The number of hydrogen-bond acceptors (Lipinski definition) is 3. The van der Waals surface area contributed by atoms with Gasteiger partial charge in [0.2, 0.25) is 0 Å². The van der Waals surface area contributed by atoms with E-state index in [-0.39, 0.29) is 0 Å². The molecule has 4 heteroatoms. The van der Waals surface area contributed by atoms with Gasteiger partial charge in [-0.2, -0.15) is 0 Å². The van der Waals surface area contributed by atoms with Crippen LogP contribution in [0.5, 0.6) is 11.5 Å². The number of anilines is 1. The molecule has 0 atom stereocenters. The highest BCUT2D eigenvalue weighted by atomic mass is 35.5. The predicted molar refractivity (Wildman–Crippen MR) is 92.4 cm³/mol. The standard InChI is InChI=1S/C18H22ClNO2/c1-5-22-18-15(19)9-14(10-17(18)21-4)11-20-16-8-6-7-12(2)13(16)3/h6-10,20H,5,11H2,1-4H3. The van der Waals surface area contributed by atoms with Crippen molar-refractivity contribution in [1.82, 2.24) is 0 Å². The van der Waals surface area contributed by atoms with Gasteiger partial charge < -0.3 is 14.8 Å². The Kier molecular flexibility index (Phi) is 5.56. The molecule has 0 heterocycles. The summed E-state index contributed by atoms with van der Waals surface area (Å²) in [5, 5.41) is 4.01. The van der Waals surface area contributed by atoms with Gasteiger partial charge in [-0.05, 0) is 55.7 Å². The zero-order valence-corrected chi connectivity index (χ0v) is 14.3. The summed E-state index contributed by atoms with van der Waals surface area (Å²) in [6, 6.07) is 10.1. The topological polar surface area (TPSA) is 30.5 Å². The van der Waals surface area contributed by atoms with E-state index in [0.717, 1.165) is 11.3 Å². The Morgan fingerprint density at radius 3 is 2.64 bits per heavy atom. The minimum atomic E-state index is 0.552. The SMILES string of the molecule is CCOc1c(Cl)cc(CNc2cccc(C)c2C)cc1OC. The third kappa shape index (κ3) is 3.66. The van der Waals surface area contributed by atoms with Gasteiger partial charge in [0.15, 0.2) is 11.5 Å². The molecule has 0 aromatic heterocycles. The molecular formula is C18H22ClNO2. The van der Waals surface area contributed by atoms with Crippen molar-refractivity contribution in [2.24, 2.45) is 0 Å². The monoisotopic (exact) mass is 319 g/mol. The number of nitrogens with one attached hydrogen (secondary N) is 1. The van der Waals surface area contributed by atoms with Crippen LogP contribution >= 0.6 is 11.6 Å². The van der Waals surface area contributed by atoms with Gasteiger partial charge in [-0.1, -0.05) is 23.7 Å². The van der Waals surface area contributed by atoms with Crippen LogP contribution in [0.1, 0.15) is 23.6 Å². The number of aryl methyl sites for hydroxylation is 1. The van der Waals surface area contributed by atoms with Crippen LogP contribution in [0, 0.1) is 13.8 Å². The Bertz CT molecular complexity index is 656. The molecule has 0 aliphatic heterocycles. The Morgan fingerprint density at radius 1 is 1.18 bits per heavy atom. The van der Waals surface area contributed by atoms with E-state index in [2.05, 4.69) is 37.4 Å². The second kappa shape index (κ2) is 7.41. The highest BCUT2D eigenvalue weighted by molar-refractivity contribution is 6.32. The van der Waals surface area contributed by atoms with Gasteiger partial charge in [-0.15, -0.1) is 0 Å². The van der Waals surface area contributed by atoms with Crippen molar-refractivity contribution in [3.8, 4) is 11.5 Å². The van der Waals surface area contributed by atoms with Crippen molar-refractivity contribution < 1.29 is 9.47 Å². The average Bonchev–Trinajstić information content (AvgIpc) is 2.51. The van der Waals surface area contributed by atoms with Crippen LogP contribution in [-0.2, 0) is 6.54 Å². The minimum Gasteiger partial charge on any atom is -0.493 e. The van der Waals surface area contributed by atoms with E-state index in [1.807, 2.05) is 19.1 Å². The van der Waals surface area contributed by atoms with Crippen molar-refractivity contribution in [2.45, 2.75) is 27.3 Å². The van der Waals surface area contributed by atoms with Crippen LogP contribution in [-0.4, -0.2) is 13.7 Å². The van der Waals surface area contributed by atoms with Crippen molar-refractivity contribution in [3.05, 3.63) is 52.0 Å². The van der Waals surface area contributed by atoms with Crippen LogP contribution in [0.15, 0.2) is 30.3 Å². The molecule has 0 spiro atoms. The smallest absolute Gasteiger partial charge is 0.179 e. The summed E-state index contributed by atoms with van der Waals surface area (Å²) < 4.78 is 10.9. The summed E-state index contributed by atoms with van der Waals surface area (Å²) in [6.45, 7) is 7.37. The lowest BCUT2D eigenvalue weighted by molar-refractivity contribution is 0.311. The third-order valence-corrected chi connectivity index (χ3v) is 3.95. The lowest BCUT2D eigenvalue weighted by atomic mass is 10.1. The number of halogens is 1. The van der Waals surface area contributed by atoms with E-state index >= 15 is 0 Å². The summed E-state index contributed by atoms with van der Waals surface area (Å²) >= 11 is 6.30. The summed E-state index contributed by atoms with van der Waals surface area (Å²) in [6.07, 6.45) is 0. The third-order valence-electron chi connectivity index (χ3n) is 3.67. The Hall–Kier alpha value is -1.87. The first-order chi connectivity index (χ1) is 10.6. The highest BCUT2D eigenvalue weighted by Crippen LogP contribution is 2.36. The maximum Gasteiger partial charge on any atom is 0.179 e. The lowest BCUT2D eigenvalue weighted by Crippen LogP contribution is -2.03.